The molecule has 4 nitrogen and oxygen atoms in total. The average Bonchev–Trinajstić information content (AvgIpc) is 2.13. The predicted octanol–water partition coefficient (Wildman–Crippen LogP) is 1.74. The van der Waals surface area contributed by atoms with Crippen molar-refractivity contribution in [2.45, 2.75) is 25.9 Å². The smallest absolute Gasteiger partial charge is 0.144 e. The molecular weight excluding hydrogens is 256 g/mol. The van der Waals surface area contributed by atoms with Crippen LogP contribution < -0.4 is 5.32 Å². The molecule has 1 aliphatic heterocycles. The maximum Gasteiger partial charge on any atom is 0.144 e. The van der Waals surface area contributed by atoms with E-state index in [-0.39, 0.29) is 0 Å². The average molecular weight is 271 g/mol. The van der Waals surface area contributed by atoms with E-state index in [1.807, 2.05) is 0 Å². The summed E-state index contributed by atoms with van der Waals surface area (Å²) >= 11 is 3.26. The van der Waals surface area contributed by atoms with Gasteiger partial charge in [-0.15, -0.1) is 0 Å². The number of anilines is 1. The summed E-state index contributed by atoms with van der Waals surface area (Å²) in [4.78, 5) is 10.8. The molecule has 1 N–H and O–H groups in total. The Kier molecular flexibility index (Phi) is 3.21. The third-order valence-corrected chi connectivity index (χ3v) is 3.02. The lowest BCUT2D eigenvalue weighted by molar-refractivity contribution is 0.122. The molecule has 1 fully saturated rings. The molecule has 1 aromatic heterocycles. The van der Waals surface area contributed by atoms with E-state index in [0.29, 0.717) is 12.1 Å². The third-order valence-electron chi connectivity index (χ3n) is 2.61. The van der Waals surface area contributed by atoms with Crippen molar-refractivity contribution < 1.29 is 0 Å². The van der Waals surface area contributed by atoms with Crippen molar-refractivity contribution in [3.8, 4) is 0 Å². The van der Waals surface area contributed by atoms with Gasteiger partial charge >= 0.3 is 0 Å². The zero-order valence-corrected chi connectivity index (χ0v) is 10.5. The minimum Gasteiger partial charge on any atom is -0.363 e. The Labute approximate surface area is 98.2 Å². The molecule has 0 aliphatic carbocycles. The van der Waals surface area contributed by atoms with Gasteiger partial charge in [0.15, 0.2) is 0 Å². The zero-order chi connectivity index (χ0) is 10.8. The highest BCUT2D eigenvalue weighted by molar-refractivity contribution is 9.10. The first-order valence-corrected chi connectivity index (χ1v) is 5.92. The van der Waals surface area contributed by atoms with Crippen LogP contribution in [0.5, 0.6) is 0 Å². The number of hydrogen-bond acceptors (Lipinski definition) is 4. The summed E-state index contributed by atoms with van der Waals surface area (Å²) in [7, 11) is 0. The topological polar surface area (TPSA) is 41.0 Å². The maximum absolute atomic E-state index is 4.23. The summed E-state index contributed by atoms with van der Waals surface area (Å²) < 4.78 is 0.769. The van der Waals surface area contributed by atoms with E-state index >= 15 is 0 Å². The number of halogens is 1. The number of nitrogens with one attached hydrogen (secondary N) is 1. The van der Waals surface area contributed by atoms with Gasteiger partial charge in [-0.05, 0) is 29.8 Å². The minimum absolute atomic E-state index is 0.517. The molecule has 0 spiro atoms. The molecule has 0 unspecified atom stereocenters. The first-order valence-electron chi connectivity index (χ1n) is 5.13. The van der Waals surface area contributed by atoms with Gasteiger partial charge in [0.25, 0.3) is 0 Å². The summed E-state index contributed by atoms with van der Waals surface area (Å²) in [5, 5.41) is 3.35. The second-order valence-corrected chi connectivity index (χ2v) is 4.93. The molecule has 15 heavy (non-hydrogen) atoms. The molecule has 5 heteroatoms. The SMILES string of the molecule is CC(C)N1CC(Nc2cnc(Br)cn2)C1. The van der Waals surface area contributed by atoms with Gasteiger partial charge in [0.2, 0.25) is 0 Å². The predicted molar refractivity (Wildman–Crippen MR) is 63.9 cm³/mol. The number of nitrogens with zero attached hydrogens (tertiary/aromatic N) is 3. The molecular formula is C10H15BrN4. The summed E-state index contributed by atoms with van der Waals surface area (Å²) in [5.41, 5.74) is 0. The lowest BCUT2D eigenvalue weighted by Gasteiger charge is -2.42. The molecule has 1 aliphatic rings. The van der Waals surface area contributed by atoms with Crippen LogP contribution in [0.3, 0.4) is 0 Å². The highest BCUT2D eigenvalue weighted by atomic mass is 79.9. The summed E-state index contributed by atoms with van der Waals surface area (Å²) in [6.07, 6.45) is 3.46. The van der Waals surface area contributed by atoms with Crippen LogP contribution in [0.2, 0.25) is 0 Å². The lowest BCUT2D eigenvalue weighted by Crippen LogP contribution is -2.57. The van der Waals surface area contributed by atoms with E-state index in [1.54, 1.807) is 12.4 Å². The van der Waals surface area contributed by atoms with Gasteiger partial charge in [0, 0.05) is 19.1 Å². The zero-order valence-electron chi connectivity index (χ0n) is 8.94. The summed E-state index contributed by atoms with van der Waals surface area (Å²) in [6.45, 7) is 6.62. The van der Waals surface area contributed by atoms with Crippen molar-refractivity contribution in [2.24, 2.45) is 0 Å². The van der Waals surface area contributed by atoms with E-state index in [9.17, 15) is 0 Å². The monoisotopic (exact) mass is 270 g/mol. The maximum atomic E-state index is 4.23. The van der Waals surface area contributed by atoms with Gasteiger partial charge < -0.3 is 5.32 Å². The molecule has 1 saturated heterocycles. The van der Waals surface area contributed by atoms with E-state index in [4.69, 9.17) is 0 Å². The van der Waals surface area contributed by atoms with E-state index < -0.39 is 0 Å². The van der Waals surface area contributed by atoms with Gasteiger partial charge in [-0.25, -0.2) is 9.97 Å². The van der Waals surface area contributed by atoms with Crippen LogP contribution >= 0.6 is 15.9 Å². The molecule has 2 heterocycles. The Bertz CT molecular complexity index is 319. The molecule has 0 radical (unpaired) electrons. The van der Waals surface area contributed by atoms with Gasteiger partial charge in [-0.1, -0.05) is 0 Å². The largest absolute Gasteiger partial charge is 0.363 e. The van der Waals surface area contributed by atoms with Gasteiger partial charge in [-0.2, -0.15) is 0 Å². The van der Waals surface area contributed by atoms with Crippen molar-refractivity contribution in [1.29, 1.82) is 0 Å². The Morgan fingerprint density at radius 2 is 2.13 bits per heavy atom. The Balaban J connectivity index is 1.82. The van der Waals surface area contributed by atoms with Crippen LogP contribution in [0.1, 0.15) is 13.8 Å². The van der Waals surface area contributed by atoms with Gasteiger partial charge in [0.1, 0.15) is 10.4 Å². The molecule has 0 saturated carbocycles. The Morgan fingerprint density at radius 1 is 1.40 bits per heavy atom. The normalized spacial score (nSPS) is 17.9. The van der Waals surface area contributed by atoms with E-state index in [1.165, 1.54) is 0 Å². The highest BCUT2D eigenvalue weighted by Gasteiger charge is 2.28. The summed E-state index contributed by atoms with van der Waals surface area (Å²) in [5.74, 6) is 0.853. The molecule has 0 bridgehead atoms. The highest BCUT2D eigenvalue weighted by Crippen LogP contribution is 2.16. The number of hydrogen-bond donors (Lipinski definition) is 1. The lowest BCUT2D eigenvalue weighted by atomic mass is 10.1. The van der Waals surface area contributed by atoms with Crippen molar-refractivity contribution in [1.82, 2.24) is 14.9 Å². The van der Waals surface area contributed by atoms with E-state index in [2.05, 4.69) is 50.0 Å². The first-order chi connectivity index (χ1) is 7.15. The standard InChI is InChI=1S/C10H15BrN4/c1-7(2)15-5-8(6-15)14-10-4-12-9(11)3-13-10/h3-4,7-8H,5-6H2,1-2H3,(H,13,14). The minimum atomic E-state index is 0.517. The molecule has 1 aromatic rings. The molecule has 2 rings (SSSR count). The van der Waals surface area contributed by atoms with Gasteiger partial charge in [0.05, 0.1) is 18.4 Å². The third kappa shape index (κ3) is 2.66. The fourth-order valence-electron chi connectivity index (χ4n) is 1.62. The van der Waals surface area contributed by atoms with Crippen molar-refractivity contribution in [3.05, 3.63) is 17.0 Å². The number of rotatable bonds is 3. The van der Waals surface area contributed by atoms with Crippen LogP contribution in [0.25, 0.3) is 0 Å². The van der Waals surface area contributed by atoms with Crippen LogP contribution in [-0.4, -0.2) is 40.0 Å². The number of aromatic nitrogens is 2. The fourth-order valence-corrected chi connectivity index (χ4v) is 1.83. The molecule has 0 amide bonds. The molecule has 0 atom stereocenters. The number of likely N-dealkylation sites (tertiary alicyclic amines) is 1. The van der Waals surface area contributed by atoms with Crippen LogP contribution in [0, 0.1) is 0 Å². The van der Waals surface area contributed by atoms with E-state index in [0.717, 1.165) is 23.5 Å². The van der Waals surface area contributed by atoms with Crippen LogP contribution in [-0.2, 0) is 0 Å². The Hall–Kier alpha value is -0.680. The summed E-state index contributed by atoms with van der Waals surface area (Å²) in [6, 6.07) is 1.15. The van der Waals surface area contributed by atoms with Gasteiger partial charge in [-0.3, -0.25) is 4.90 Å². The first kappa shape index (κ1) is 10.8. The molecule has 82 valence electrons. The second-order valence-electron chi connectivity index (χ2n) is 4.11. The van der Waals surface area contributed by atoms with Crippen LogP contribution in [0.15, 0.2) is 17.0 Å². The second kappa shape index (κ2) is 4.45. The van der Waals surface area contributed by atoms with Crippen molar-refractivity contribution >= 4 is 21.7 Å². The Morgan fingerprint density at radius 3 is 2.67 bits per heavy atom. The van der Waals surface area contributed by atoms with Crippen LogP contribution in [0.4, 0.5) is 5.82 Å². The van der Waals surface area contributed by atoms with Crippen molar-refractivity contribution in [2.75, 3.05) is 18.4 Å². The quantitative estimate of drug-likeness (QED) is 0.909. The fraction of sp³-hybridized carbons (Fsp3) is 0.600. The molecule has 0 aromatic carbocycles. The van der Waals surface area contributed by atoms with Crippen molar-refractivity contribution in [3.63, 3.8) is 0 Å².